The third kappa shape index (κ3) is 2.70. The van der Waals surface area contributed by atoms with Gasteiger partial charge in [-0.05, 0) is 24.3 Å². The van der Waals surface area contributed by atoms with Crippen LogP contribution >= 0.6 is 0 Å². The van der Waals surface area contributed by atoms with Crippen molar-refractivity contribution in [2.24, 2.45) is 4.99 Å². The topological polar surface area (TPSA) is 58.5 Å². The van der Waals surface area contributed by atoms with Crippen molar-refractivity contribution >= 4 is 23.4 Å². The number of hydrogen-bond donors (Lipinski definition) is 1. The van der Waals surface area contributed by atoms with Crippen LogP contribution in [0, 0.1) is 0 Å². The van der Waals surface area contributed by atoms with Crippen molar-refractivity contribution in [2.75, 3.05) is 5.32 Å². The van der Waals surface area contributed by atoms with E-state index in [1.54, 1.807) is 36.4 Å². The van der Waals surface area contributed by atoms with Gasteiger partial charge in [-0.1, -0.05) is 30.3 Å². The number of nitrogens with zero attached hydrogens (tertiary/aromatic N) is 1. The molecule has 2 aromatic carbocycles. The van der Waals surface area contributed by atoms with E-state index < -0.39 is 0 Å². The van der Waals surface area contributed by atoms with Crippen LogP contribution < -0.4 is 5.32 Å². The predicted octanol–water partition coefficient (Wildman–Crippen LogP) is 2.91. The molecule has 0 spiro atoms. The van der Waals surface area contributed by atoms with Crippen LogP contribution in [0.15, 0.2) is 59.6 Å². The fourth-order valence-corrected chi connectivity index (χ4v) is 1.53. The van der Waals surface area contributed by atoms with E-state index in [0.717, 1.165) is 0 Å². The van der Waals surface area contributed by atoms with Crippen LogP contribution in [0.5, 0.6) is 0 Å². The molecule has 0 atom stereocenters. The van der Waals surface area contributed by atoms with E-state index in [1.165, 1.54) is 6.08 Å². The van der Waals surface area contributed by atoms with Crippen molar-refractivity contribution in [1.29, 1.82) is 0 Å². The predicted molar refractivity (Wildman–Crippen MR) is 68.6 cm³/mol. The molecule has 18 heavy (non-hydrogen) atoms. The Morgan fingerprint density at radius 2 is 1.67 bits per heavy atom. The molecule has 0 fully saturated rings. The first-order valence-corrected chi connectivity index (χ1v) is 5.34. The fourth-order valence-electron chi connectivity index (χ4n) is 1.53. The smallest absolute Gasteiger partial charge is 0.257 e. The zero-order valence-electron chi connectivity index (χ0n) is 9.46. The maximum absolute atomic E-state index is 12.0. The van der Waals surface area contributed by atoms with Crippen LogP contribution in [-0.4, -0.2) is 12.0 Å². The lowest BCUT2D eigenvalue weighted by molar-refractivity contribution is 0.102. The van der Waals surface area contributed by atoms with Gasteiger partial charge in [0.05, 0.1) is 11.3 Å². The van der Waals surface area contributed by atoms with Crippen LogP contribution in [0.1, 0.15) is 10.4 Å². The van der Waals surface area contributed by atoms with Gasteiger partial charge in [-0.25, -0.2) is 4.79 Å². The number of para-hydroxylation sites is 2. The maximum atomic E-state index is 12.0. The van der Waals surface area contributed by atoms with Crippen LogP contribution in [-0.2, 0) is 4.79 Å². The summed E-state index contributed by atoms with van der Waals surface area (Å²) >= 11 is 0. The number of carbonyl (C=O) groups is 1. The number of aliphatic imine (C=N–C) groups is 1. The van der Waals surface area contributed by atoms with Crippen LogP contribution in [0.25, 0.3) is 0 Å². The third-order valence-electron chi connectivity index (χ3n) is 2.35. The summed E-state index contributed by atoms with van der Waals surface area (Å²) in [4.78, 5) is 25.8. The van der Waals surface area contributed by atoms with E-state index in [-0.39, 0.29) is 5.91 Å². The zero-order chi connectivity index (χ0) is 12.8. The van der Waals surface area contributed by atoms with Gasteiger partial charge in [-0.3, -0.25) is 4.79 Å². The first-order chi connectivity index (χ1) is 8.81. The van der Waals surface area contributed by atoms with Crippen molar-refractivity contribution < 1.29 is 9.59 Å². The maximum Gasteiger partial charge on any atom is 0.257 e. The molecular formula is C14H10N2O2. The minimum absolute atomic E-state index is 0.306. The molecular weight excluding hydrogens is 228 g/mol. The summed E-state index contributed by atoms with van der Waals surface area (Å²) in [6.07, 6.45) is 1.44. The molecule has 2 aromatic rings. The summed E-state index contributed by atoms with van der Waals surface area (Å²) in [6, 6.07) is 15.7. The lowest BCUT2D eigenvalue weighted by Crippen LogP contribution is -2.11. The first-order valence-electron chi connectivity index (χ1n) is 5.34. The molecule has 1 amide bonds. The van der Waals surface area contributed by atoms with E-state index in [4.69, 9.17) is 0 Å². The summed E-state index contributed by atoms with van der Waals surface area (Å²) in [5.74, 6) is -0.309. The van der Waals surface area contributed by atoms with Gasteiger partial charge in [0.25, 0.3) is 5.91 Å². The van der Waals surface area contributed by atoms with Gasteiger partial charge in [-0.15, -0.1) is 0 Å². The van der Waals surface area contributed by atoms with Gasteiger partial charge >= 0.3 is 0 Å². The van der Waals surface area contributed by atoms with E-state index in [2.05, 4.69) is 10.3 Å². The molecule has 1 N–H and O–H groups in total. The number of amides is 1. The summed E-state index contributed by atoms with van der Waals surface area (Å²) in [5, 5.41) is 2.73. The normalized spacial score (nSPS) is 9.33. The molecule has 2 rings (SSSR count). The minimum atomic E-state index is -0.309. The fraction of sp³-hybridized carbons (Fsp3) is 0. The molecule has 0 aliphatic carbocycles. The van der Waals surface area contributed by atoms with Gasteiger partial charge in [0.1, 0.15) is 0 Å². The quantitative estimate of drug-likeness (QED) is 0.660. The number of isocyanates is 1. The molecule has 4 heteroatoms. The lowest BCUT2D eigenvalue weighted by atomic mass is 10.1. The molecule has 0 aromatic heterocycles. The SMILES string of the molecule is O=C=Nc1ccccc1C(=O)Nc1ccccc1. The van der Waals surface area contributed by atoms with E-state index in [9.17, 15) is 9.59 Å². The van der Waals surface area contributed by atoms with E-state index >= 15 is 0 Å². The highest BCUT2D eigenvalue weighted by molar-refractivity contribution is 6.07. The van der Waals surface area contributed by atoms with Crippen molar-refractivity contribution in [3.63, 3.8) is 0 Å². The van der Waals surface area contributed by atoms with Gasteiger partial charge in [0.15, 0.2) is 0 Å². The number of nitrogens with one attached hydrogen (secondary N) is 1. The number of rotatable bonds is 3. The molecule has 0 unspecified atom stereocenters. The van der Waals surface area contributed by atoms with Crippen LogP contribution in [0.2, 0.25) is 0 Å². The van der Waals surface area contributed by atoms with Gasteiger partial charge in [0.2, 0.25) is 6.08 Å². The molecule has 0 saturated carbocycles. The molecule has 4 nitrogen and oxygen atoms in total. The van der Waals surface area contributed by atoms with Crippen molar-refractivity contribution in [1.82, 2.24) is 0 Å². The standard InChI is InChI=1S/C14H10N2O2/c17-10-15-13-9-5-4-8-12(13)14(18)16-11-6-2-1-3-7-11/h1-9H,(H,16,18). The summed E-state index contributed by atoms with van der Waals surface area (Å²) in [5.41, 5.74) is 1.33. The van der Waals surface area contributed by atoms with Crippen LogP contribution in [0.4, 0.5) is 11.4 Å². The molecule has 0 radical (unpaired) electrons. The second kappa shape index (κ2) is 5.57. The Bertz CT molecular complexity index is 602. The number of benzene rings is 2. The Morgan fingerprint density at radius 3 is 2.39 bits per heavy atom. The van der Waals surface area contributed by atoms with Crippen molar-refractivity contribution in [3.05, 3.63) is 60.2 Å². The summed E-state index contributed by atoms with van der Waals surface area (Å²) in [7, 11) is 0. The number of anilines is 1. The lowest BCUT2D eigenvalue weighted by Gasteiger charge is -2.06. The highest BCUT2D eigenvalue weighted by Crippen LogP contribution is 2.19. The largest absolute Gasteiger partial charge is 0.322 e. The second-order valence-corrected chi connectivity index (χ2v) is 3.54. The highest BCUT2D eigenvalue weighted by Gasteiger charge is 2.10. The summed E-state index contributed by atoms with van der Waals surface area (Å²) < 4.78 is 0. The Balaban J connectivity index is 2.27. The minimum Gasteiger partial charge on any atom is -0.322 e. The molecule has 0 saturated heterocycles. The molecule has 88 valence electrons. The summed E-state index contributed by atoms with van der Waals surface area (Å²) in [6.45, 7) is 0. The molecule has 0 heterocycles. The van der Waals surface area contributed by atoms with Crippen molar-refractivity contribution in [3.8, 4) is 0 Å². The Hall–Kier alpha value is -2.71. The molecule has 0 aliphatic rings. The third-order valence-corrected chi connectivity index (χ3v) is 2.35. The van der Waals surface area contributed by atoms with Crippen molar-refractivity contribution in [2.45, 2.75) is 0 Å². The first kappa shape index (κ1) is 11.8. The number of hydrogen-bond acceptors (Lipinski definition) is 3. The van der Waals surface area contributed by atoms with Gasteiger partial charge < -0.3 is 5.32 Å². The van der Waals surface area contributed by atoms with Gasteiger partial charge in [0, 0.05) is 5.69 Å². The highest BCUT2D eigenvalue weighted by atomic mass is 16.1. The molecule has 0 bridgehead atoms. The van der Waals surface area contributed by atoms with Gasteiger partial charge in [-0.2, -0.15) is 4.99 Å². The Labute approximate surface area is 104 Å². The zero-order valence-corrected chi connectivity index (χ0v) is 9.46. The van der Waals surface area contributed by atoms with Crippen LogP contribution in [0.3, 0.4) is 0 Å². The number of carbonyl (C=O) groups excluding carboxylic acids is 2. The second-order valence-electron chi connectivity index (χ2n) is 3.54. The average molecular weight is 238 g/mol. The van der Waals surface area contributed by atoms with E-state index in [0.29, 0.717) is 16.9 Å². The van der Waals surface area contributed by atoms with E-state index in [1.807, 2.05) is 18.2 Å². The Morgan fingerprint density at radius 1 is 1.00 bits per heavy atom. The monoisotopic (exact) mass is 238 g/mol. The Kier molecular flexibility index (Phi) is 3.64. The average Bonchev–Trinajstić information content (AvgIpc) is 2.41. The molecule has 0 aliphatic heterocycles.